The van der Waals surface area contributed by atoms with Gasteiger partial charge in [0, 0.05) is 35.5 Å². The van der Waals surface area contributed by atoms with Crippen molar-refractivity contribution in [1.29, 1.82) is 0 Å². The molecule has 2 N–H and O–H groups in total. The Hall–Kier alpha value is -2.57. The van der Waals surface area contributed by atoms with Crippen molar-refractivity contribution in [2.45, 2.75) is 20.3 Å². The van der Waals surface area contributed by atoms with E-state index in [0.717, 1.165) is 28.1 Å². The van der Waals surface area contributed by atoms with Crippen molar-refractivity contribution >= 4 is 34.2 Å². The number of rotatable bonds is 3. The second-order valence-electron chi connectivity index (χ2n) is 6.10. The molecule has 4 rings (SSSR count). The zero-order valence-electron chi connectivity index (χ0n) is 14.0. The standard InChI is InChI=1S/C18H14Cl2N4O2/c1-8-11(9(2)26-24-8)3-10-4-12(16-13(19)6-21-7-14(16)20)17-15(5-10)22-18(25)23-17/h4-7H,3H2,1-2H3,(H2,22,23,25). The molecule has 0 spiro atoms. The van der Waals surface area contributed by atoms with Crippen molar-refractivity contribution in [2.24, 2.45) is 0 Å². The maximum absolute atomic E-state index is 11.9. The maximum atomic E-state index is 11.9. The fourth-order valence-electron chi connectivity index (χ4n) is 3.13. The lowest BCUT2D eigenvalue weighted by molar-refractivity contribution is 0.392. The van der Waals surface area contributed by atoms with Crippen LogP contribution in [0.15, 0.2) is 33.8 Å². The third kappa shape index (κ3) is 2.81. The monoisotopic (exact) mass is 388 g/mol. The second kappa shape index (κ2) is 6.30. The first-order chi connectivity index (χ1) is 12.4. The Morgan fingerprint density at radius 2 is 1.85 bits per heavy atom. The number of benzene rings is 1. The van der Waals surface area contributed by atoms with Crippen LogP contribution < -0.4 is 5.69 Å². The first-order valence-electron chi connectivity index (χ1n) is 7.90. The van der Waals surface area contributed by atoms with Crippen LogP contribution in [0.5, 0.6) is 0 Å². The summed E-state index contributed by atoms with van der Waals surface area (Å²) in [5.74, 6) is 0.770. The molecule has 0 saturated carbocycles. The SMILES string of the molecule is Cc1noc(C)c1Cc1cc(-c2c(Cl)cncc2Cl)c2[nH]c(=O)[nH]c2c1. The molecule has 0 aliphatic heterocycles. The quantitative estimate of drug-likeness (QED) is 0.543. The zero-order chi connectivity index (χ0) is 18.4. The summed E-state index contributed by atoms with van der Waals surface area (Å²) in [6.07, 6.45) is 3.66. The van der Waals surface area contributed by atoms with E-state index in [4.69, 9.17) is 27.7 Å². The van der Waals surface area contributed by atoms with Crippen LogP contribution >= 0.6 is 23.2 Å². The van der Waals surface area contributed by atoms with Crippen LogP contribution in [0.25, 0.3) is 22.2 Å². The van der Waals surface area contributed by atoms with Gasteiger partial charge in [-0.25, -0.2) is 4.79 Å². The minimum absolute atomic E-state index is 0.294. The van der Waals surface area contributed by atoms with Gasteiger partial charge in [0.05, 0.1) is 26.8 Å². The molecule has 26 heavy (non-hydrogen) atoms. The van der Waals surface area contributed by atoms with Crippen LogP contribution in [-0.2, 0) is 6.42 Å². The van der Waals surface area contributed by atoms with Crippen LogP contribution in [0.3, 0.4) is 0 Å². The highest BCUT2D eigenvalue weighted by molar-refractivity contribution is 6.39. The highest BCUT2D eigenvalue weighted by Crippen LogP contribution is 2.37. The number of fused-ring (bicyclic) bond motifs is 1. The molecule has 3 aromatic heterocycles. The van der Waals surface area contributed by atoms with E-state index >= 15 is 0 Å². The Labute approximate surface area is 158 Å². The Morgan fingerprint density at radius 1 is 1.12 bits per heavy atom. The van der Waals surface area contributed by atoms with Crippen molar-refractivity contribution in [3.05, 3.63) is 67.6 Å². The van der Waals surface area contributed by atoms with Crippen LogP contribution in [0.2, 0.25) is 10.0 Å². The molecule has 0 aliphatic rings. The molecule has 0 radical (unpaired) electrons. The van der Waals surface area contributed by atoms with Gasteiger partial charge in [0.15, 0.2) is 0 Å². The number of imidazole rings is 1. The zero-order valence-corrected chi connectivity index (χ0v) is 15.5. The highest BCUT2D eigenvalue weighted by atomic mass is 35.5. The molecule has 0 saturated heterocycles. The van der Waals surface area contributed by atoms with E-state index in [1.165, 1.54) is 12.4 Å². The minimum atomic E-state index is -0.294. The predicted octanol–water partition coefficient (Wildman–Crippen LogP) is 4.42. The Balaban J connectivity index is 1.96. The molecule has 0 amide bonds. The number of pyridine rings is 1. The molecule has 0 unspecified atom stereocenters. The summed E-state index contributed by atoms with van der Waals surface area (Å²) in [5.41, 5.74) is 5.22. The average Bonchev–Trinajstić information content (AvgIpc) is 3.11. The smallest absolute Gasteiger partial charge is 0.323 e. The molecule has 0 bridgehead atoms. The summed E-state index contributed by atoms with van der Waals surface area (Å²) in [4.78, 5) is 21.5. The first-order valence-corrected chi connectivity index (χ1v) is 8.65. The summed E-state index contributed by atoms with van der Waals surface area (Å²) >= 11 is 12.7. The second-order valence-corrected chi connectivity index (χ2v) is 6.92. The van der Waals surface area contributed by atoms with E-state index in [9.17, 15) is 4.79 Å². The number of hydrogen-bond acceptors (Lipinski definition) is 4. The normalized spacial score (nSPS) is 11.4. The lowest BCUT2D eigenvalue weighted by Gasteiger charge is -2.10. The minimum Gasteiger partial charge on any atom is -0.361 e. The van der Waals surface area contributed by atoms with Crippen molar-refractivity contribution in [1.82, 2.24) is 20.1 Å². The highest BCUT2D eigenvalue weighted by Gasteiger charge is 2.17. The predicted molar refractivity (Wildman–Crippen MR) is 101 cm³/mol. The number of aromatic amines is 2. The molecular formula is C18H14Cl2N4O2. The number of hydrogen-bond donors (Lipinski definition) is 2. The third-order valence-corrected chi connectivity index (χ3v) is 4.94. The molecule has 0 atom stereocenters. The molecule has 0 aliphatic carbocycles. The third-order valence-electron chi connectivity index (χ3n) is 4.37. The molecule has 8 heteroatoms. The van der Waals surface area contributed by atoms with Gasteiger partial charge in [-0.15, -0.1) is 0 Å². The number of halogens is 2. The van der Waals surface area contributed by atoms with Gasteiger partial charge >= 0.3 is 5.69 Å². The lowest BCUT2D eigenvalue weighted by Crippen LogP contribution is -1.99. The van der Waals surface area contributed by atoms with Gasteiger partial charge in [-0.3, -0.25) is 4.98 Å². The van der Waals surface area contributed by atoms with Gasteiger partial charge in [0.25, 0.3) is 0 Å². The summed E-state index contributed by atoms with van der Waals surface area (Å²) in [6.45, 7) is 3.78. The van der Waals surface area contributed by atoms with Gasteiger partial charge in [-0.2, -0.15) is 0 Å². The molecule has 132 valence electrons. The Kier molecular flexibility index (Phi) is 4.09. The topological polar surface area (TPSA) is 87.6 Å². The molecule has 6 nitrogen and oxygen atoms in total. The van der Waals surface area contributed by atoms with Crippen molar-refractivity contribution in [2.75, 3.05) is 0 Å². The van der Waals surface area contributed by atoms with Crippen molar-refractivity contribution in [3.63, 3.8) is 0 Å². The Bertz CT molecular complexity index is 1150. The van der Waals surface area contributed by atoms with E-state index in [2.05, 4.69) is 20.1 Å². The maximum Gasteiger partial charge on any atom is 0.323 e. The average molecular weight is 389 g/mol. The van der Waals surface area contributed by atoms with Crippen molar-refractivity contribution in [3.8, 4) is 11.1 Å². The first kappa shape index (κ1) is 16.9. The van der Waals surface area contributed by atoms with Crippen molar-refractivity contribution < 1.29 is 4.52 Å². The van der Waals surface area contributed by atoms with Gasteiger partial charge in [0.1, 0.15) is 5.76 Å². The largest absolute Gasteiger partial charge is 0.361 e. The molecule has 3 heterocycles. The van der Waals surface area contributed by atoms with E-state index in [-0.39, 0.29) is 5.69 Å². The molecule has 0 fully saturated rings. The number of nitrogens with one attached hydrogen (secondary N) is 2. The lowest BCUT2D eigenvalue weighted by atomic mass is 9.97. The van der Waals surface area contributed by atoms with E-state index in [0.29, 0.717) is 33.1 Å². The molecular weight excluding hydrogens is 375 g/mol. The van der Waals surface area contributed by atoms with Crippen LogP contribution in [0.4, 0.5) is 0 Å². The van der Waals surface area contributed by atoms with E-state index < -0.39 is 0 Å². The molecule has 1 aromatic carbocycles. The van der Waals surface area contributed by atoms with Crippen LogP contribution in [-0.4, -0.2) is 20.1 Å². The summed E-state index contributed by atoms with van der Waals surface area (Å²) in [7, 11) is 0. The van der Waals surface area contributed by atoms with Crippen LogP contribution in [0.1, 0.15) is 22.6 Å². The number of aromatic nitrogens is 4. The van der Waals surface area contributed by atoms with Gasteiger partial charge < -0.3 is 14.5 Å². The van der Waals surface area contributed by atoms with Crippen LogP contribution in [0, 0.1) is 13.8 Å². The number of aryl methyl sites for hydroxylation is 2. The van der Waals surface area contributed by atoms with Gasteiger partial charge in [-0.05, 0) is 31.5 Å². The van der Waals surface area contributed by atoms with E-state index in [1.807, 2.05) is 26.0 Å². The fourth-order valence-corrected chi connectivity index (χ4v) is 3.70. The fraction of sp³-hybridized carbons (Fsp3) is 0.167. The summed E-state index contributed by atoms with van der Waals surface area (Å²) in [6, 6.07) is 3.89. The number of H-pyrrole nitrogens is 2. The van der Waals surface area contributed by atoms with Gasteiger partial charge in [0.2, 0.25) is 0 Å². The van der Waals surface area contributed by atoms with Gasteiger partial charge in [-0.1, -0.05) is 28.4 Å². The molecule has 4 aromatic rings. The summed E-state index contributed by atoms with van der Waals surface area (Å²) < 4.78 is 5.25. The summed E-state index contributed by atoms with van der Waals surface area (Å²) in [5, 5.41) is 4.82. The Morgan fingerprint density at radius 3 is 2.50 bits per heavy atom. The van der Waals surface area contributed by atoms with E-state index in [1.54, 1.807) is 0 Å². The number of nitrogens with zero attached hydrogens (tertiary/aromatic N) is 2.